The van der Waals surface area contributed by atoms with Crippen LogP contribution in [-0.2, 0) is 11.3 Å². The van der Waals surface area contributed by atoms with Crippen LogP contribution in [0.1, 0.15) is 23.4 Å². The molecule has 0 aliphatic carbocycles. The topological polar surface area (TPSA) is 20.3 Å². The van der Waals surface area contributed by atoms with Crippen molar-refractivity contribution in [2.45, 2.75) is 18.8 Å². The predicted octanol–water partition coefficient (Wildman–Crippen LogP) is 4.15. The van der Waals surface area contributed by atoms with Crippen molar-refractivity contribution in [1.29, 1.82) is 0 Å². The maximum absolute atomic E-state index is 13.2. The molecular weight excluding hydrogens is 289 g/mol. The van der Waals surface area contributed by atoms with Crippen molar-refractivity contribution in [1.82, 2.24) is 4.90 Å². The highest BCUT2D eigenvalue weighted by Gasteiger charge is 2.22. The van der Waals surface area contributed by atoms with Gasteiger partial charge in [-0.3, -0.25) is 4.79 Å². The lowest BCUT2D eigenvalue weighted by molar-refractivity contribution is -0.131. The normalized spacial score (nSPS) is 12.0. The quantitative estimate of drug-likeness (QED) is 0.760. The standard InChI is InChI=1S/C17H17ClFNO/c1-2-20(12-13-7-6-10-15(19)11-13)17(21)16(18)14-8-4-3-5-9-14/h3-11,16H,2,12H2,1H3. The van der Waals surface area contributed by atoms with E-state index in [0.717, 1.165) is 11.1 Å². The third kappa shape index (κ3) is 4.05. The second kappa shape index (κ2) is 7.23. The first-order valence-corrected chi connectivity index (χ1v) is 7.27. The Morgan fingerprint density at radius 1 is 1.19 bits per heavy atom. The minimum Gasteiger partial charge on any atom is -0.337 e. The number of alkyl halides is 1. The zero-order chi connectivity index (χ0) is 15.2. The Kier molecular flexibility index (Phi) is 5.34. The highest BCUT2D eigenvalue weighted by molar-refractivity contribution is 6.30. The third-order valence-corrected chi connectivity index (χ3v) is 3.70. The fraction of sp³-hybridized carbons (Fsp3) is 0.235. The fourth-order valence-corrected chi connectivity index (χ4v) is 2.41. The lowest BCUT2D eigenvalue weighted by Gasteiger charge is -2.23. The van der Waals surface area contributed by atoms with E-state index in [1.165, 1.54) is 12.1 Å². The van der Waals surface area contributed by atoms with E-state index in [2.05, 4.69) is 0 Å². The monoisotopic (exact) mass is 305 g/mol. The van der Waals surface area contributed by atoms with Gasteiger partial charge in [-0.2, -0.15) is 0 Å². The lowest BCUT2D eigenvalue weighted by Crippen LogP contribution is -2.33. The van der Waals surface area contributed by atoms with Crippen molar-refractivity contribution < 1.29 is 9.18 Å². The van der Waals surface area contributed by atoms with Crippen molar-refractivity contribution in [3.63, 3.8) is 0 Å². The van der Waals surface area contributed by atoms with Crippen molar-refractivity contribution in [3.05, 3.63) is 71.5 Å². The van der Waals surface area contributed by atoms with Gasteiger partial charge < -0.3 is 4.90 Å². The number of halogens is 2. The summed E-state index contributed by atoms with van der Waals surface area (Å²) in [6.07, 6.45) is 0. The van der Waals surface area contributed by atoms with E-state index < -0.39 is 5.38 Å². The first kappa shape index (κ1) is 15.5. The largest absolute Gasteiger partial charge is 0.337 e. The first-order chi connectivity index (χ1) is 10.1. The summed E-state index contributed by atoms with van der Waals surface area (Å²) >= 11 is 6.26. The number of carbonyl (C=O) groups is 1. The Bertz CT molecular complexity index is 603. The second-order valence-electron chi connectivity index (χ2n) is 4.76. The Balaban J connectivity index is 2.12. The third-order valence-electron chi connectivity index (χ3n) is 3.26. The van der Waals surface area contributed by atoms with Gasteiger partial charge in [0.2, 0.25) is 5.91 Å². The summed E-state index contributed by atoms with van der Waals surface area (Å²) in [4.78, 5) is 14.1. The van der Waals surface area contributed by atoms with E-state index >= 15 is 0 Å². The highest BCUT2D eigenvalue weighted by Crippen LogP contribution is 2.23. The number of rotatable bonds is 5. The maximum Gasteiger partial charge on any atom is 0.245 e. The number of hydrogen-bond acceptors (Lipinski definition) is 1. The molecule has 2 rings (SSSR count). The SMILES string of the molecule is CCN(Cc1cccc(F)c1)C(=O)C(Cl)c1ccccc1. The second-order valence-corrected chi connectivity index (χ2v) is 5.19. The van der Waals surface area contributed by atoms with Crippen molar-refractivity contribution in [2.75, 3.05) is 6.54 Å². The molecule has 0 aromatic heterocycles. The summed E-state index contributed by atoms with van der Waals surface area (Å²) < 4.78 is 13.2. The number of likely N-dealkylation sites (N-methyl/N-ethyl adjacent to an activating group) is 1. The fourth-order valence-electron chi connectivity index (χ4n) is 2.13. The number of nitrogens with zero attached hydrogens (tertiary/aromatic N) is 1. The molecule has 1 unspecified atom stereocenters. The molecule has 2 nitrogen and oxygen atoms in total. The van der Waals surface area contributed by atoms with E-state index in [9.17, 15) is 9.18 Å². The Morgan fingerprint density at radius 3 is 2.52 bits per heavy atom. The average Bonchev–Trinajstić information content (AvgIpc) is 2.52. The van der Waals surface area contributed by atoms with Gasteiger partial charge in [0.15, 0.2) is 0 Å². The number of benzene rings is 2. The Hall–Kier alpha value is -1.87. The summed E-state index contributed by atoms with van der Waals surface area (Å²) in [6, 6.07) is 15.5. The van der Waals surface area contributed by atoms with Crippen LogP contribution in [0.15, 0.2) is 54.6 Å². The van der Waals surface area contributed by atoms with Gasteiger partial charge in [0.25, 0.3) is 0 Å². The molecule has 0 spiro atoms. The number of hydrogen-bond donors (Lipinski definition) is 0. The molecule has 0 fully saturated rings. The lowest BCUT2D eigenvalue weighted by atomic mass is 10.1. The van der Waals surface area contributed by atoms with Gasteiger partial charge in [-0.15, -0.1) is 11.6 Å². The molecule has 0 saturated carbocycles. The number of amides is 1. The van der Waals surface area contributed by atoms with Crippen LogP contribution >= 0.6 is 11.6 Å². The molecule has 1 amide bonds. The van der Waals surface area contributed by atoms with E-state index in [1.807, 2.05) is 37.3 Å². The van der Waals surface area contributed by atoms with Crippen LogP contribution in [-0.4, -0.2) is 17.4 Å². The van der Waals surface area contributed by atoms with Crippen molar-refractivity contribution in [2.24, 2.45) is 0 Å². The van der Waals surface area contributed by atoms with Gasteiger partial charge >= 0.3 is 0 Å². The van der Waals surface area contributed by atoms with E-state index in [4.69, 9.17) is 11.6 Å². The van der Waals surface area contributed by atoms with Crippen LogP contribution in [0.2, 0.25) is 0 Å². The minimum atomic E-state index is -0.722. The van der Waals surface area contributed by atoms with Gasteiger partial charge in [0, 0.05) is 13.1 Å². The molecular formula is C17H17ClFNO. The van der Waals surface area contributed by atoms with E-state index in [-0.39, 0.29) is 11.7 Å². The summed E-state index contributed by atoms with van der Waals surface area (Å²) in [7, 11) is 0. The summed E-state index contributed by atoms with van der Waals surface area (Å²) in [5, 5.41) is -0.722. The smallest absolute Gasteiger partial charge is 0.245 e. The average molecular weight is 306 g/mol. The highest BCUT2D eigenvalue weighted by atomic mass is 35.5. The van der Waals surface area contributed by atoms with Crippen LogP contribution in [0.3, 0.4) is 0 Å². The molecule has 0 radical (unpaired) electrons. The Morgan fingerprint density at radius 2 is 1.90 bits per heavy atom. The van der Waals surface area contributed by atoms with E-state index in [1.54, 1.807) is 17.0 Å². The molecule has 110 valence electrons. The van der Waals surface area contributed by atoms with Crippen molar-refractivity contribution >= 4 is 17.5 Å². The molecule has 0 N–H and O–H groups in total. The minimum absolute atomic E-state index is 0.172. The van der Waals surface area contributed by atoms with Crippen LogP contribution in [0.5, 0.6) is 0 Å². The van der Waals surface area contributed by atoms with Crippen LogP contribution < -0.4 is 0 Å². The van der Waals surface area contributed by atoms with E-state index in [0.29, 0.717) is 13.1 Å². The molecule has 21 heavy (non-hydrogen) atoms. The Labute approximate surface area is 129 Å². The van der Waals surface area contributed by atoms with Gasteiger partial charge in [-0.05, 0) is 30.2 Å². The van der Waals surface area contributed by atoms with Crippen LogP contribution in [0, 0.1) is 5.82 Å². The van der Waals surface area contributed by atoms with Crippen LogP contribution in [0.4, 0.5) is 4.39 Å². The van der Waals surface area contributed by atoms with Gasteiger partial charge in [0.05, 0.1) is 0 Å². The maximum atomic E-state index is 13.2. The summed E-state index contributed by atoms with van der Waals surface area (Å²) in [5.41, 5.74) is 1.52. The molecule has 4 heteroatoms. The molecule has 0 aliphatic rings. The van der Waals surface area contributed by atoms with Crippen LogP contribution in [0.25, 0.3) is 0 Å². The molecule has 0 heterocycles. The predicted molar refractivity (Wildman–Crippen MR) is 82.5 cm³/mol. The molecule has 0 bridgehead atoms. The molecule has 0 aliphatic heterocycles. The van der Waals surface area contributed by atoms with Gasteiger partial charge in [0.1, 0.15) is 11.2 Å². The van der Waals surface area contributed by atoms with Crippen molar-refractivity contribution in [3.8, 4) is 0 Å². The summed E-state index contributed by atoms with van der Waals surface area (Å²) in [6.45, 7) is 2.75. The number of carbonyl (C=O) groups excluding carboxylic acids is 1. The molecule has 2 aromatic carbocycles. The van der Waals surface area contributed by atoms with Gasteiger partial charge in [-0.25, -0.2) is 4.39 Å². The molecule has 2 aromatic rings. The molecule has 1 atom stereocenters. The molecule has 0 saturated heterocycles. The summed E-state index contributed by atoms with van der Waals surface area (Å²) in [5.74, 6) is -0.476. The zero-order valence-electron chi connectivity index (χ0n) is 11.8. The zero-order valence-corrected chi connectivity index (χ0v) is 12.6. The van der Waals surface area contributed by atoms with Gasteiger partial charge in [-0.1, -0.05) is 42.5 Å². The first-order valence-electron chi connectivity index (χ1n) is 6.84.